The maximum atomic E-state index is 12.4. The SMILES string of the molecule is CN(C)c1nc(N)c(C(=O)NC2CCOC2C2CC2)s1. The van der Waals surface area contributed by atoms with Crippen molar-refractivity contribution in [2.75, 3.05) is 31.3 Å². The minimum Gasteiger partial charge on any atom is -0.382 e. The molecule has 1 aliphatic heterocycles. The summed E-state index contributed by atoms with van der Waals surface area (Å²) in [6.45, 7) is 0.729. The number of thiazole rings is 1. The van der Waals surface area contributed by atoms with Crippen LogP contribution in [-0.2, 0) is 4.74 Å². The van der Waals surface area contributed by atoms with Crippen LogP contribution in [0.2, 0.25) is 0 Å². The van der Waals surface area contributed by atoms with Crippen LogP contribution >= 0.6 is 11.3 Å². The number of rotatable bonds is 4. The van der Waals surface area contributed by atoms with Gasteiger partial charge in [-0.3, -0.25) is 4.79 Å². The van der Waals surface area contributed by atoms with Crippen molar-refractivity contribution in [1.82, 2.24) is 10.3 Å². The molecule has 3 N–H and O–H groups in total. The fraction of sp³-hybridized carbons (Fsp3) is 0.692. The van der Waals surface area contributed by atoms with Crippen molar-refractivity contribution in [3.63, 3.8) is 0 Å². The summed E-state index contributed by atoms with van der Waals surface area (Å²) in [5, 5.41) is 3.81. The zero-order chi connectivity index (χ0) is 14.3. The molecule has 1 aliphatic carbocycles. The van der Waals surface area contributed by atoms with Gasteiger partial charge in [0, 0.05) is 20.7 Å². The number of nitrogens with two attached hydrogens (primary N) is 1. The minimum absolute atomic E-state index is 0.110. The van der Waals surface area contributed by atoms with E-state index in [2.05, 4.69) is 10.3 Å². The first-order chi connectivity index (χ1) is 9.56. The number of hydrogen-bond acceptors (Lipinski definition) is 6. The fourth-order valence-corrected chi connectivity index (χ4v) is 3.37. The van der Waals surface area contributed by atoms with Crippen molar-refractivity contribution in [3.8, 4) is 0 Å². The Morgan fingerprint density at radius 3 is 2.80 bits per heavy atom. The van der Waals surface area contributed by atoms with Gasteiger partial charge in [0.1, 0.15) is 10.7 Å². The lowest BCUT2D eigenvalue weighted by Gasteiger charge is -2.19. The van der Waals surface area contributed by atoms with Crippen LogP contribution in [0.1, 0.15) is 28.9 Å². The molecule has 7 heteroatoms. The number of aromatic nitrogens is 1. The van der Waals surface area contributed by atoms with E-state index < -0.39 is 0 Å². The summed E-state index contributed by atoms with van der Waals surface area (Å²) in [7, 11) is 3.77. The maximum absolute atomic E-state index is 12.4. The zero-order valence-corrected chi connectivity index (χ0v) is 12.6. The smallest absolute Gasteiger partial charge is 0.265 e. The number of anilines is 2. The maximum Gasteiger partial charge on any atom is 0.265 e. The summed E-state index contributed by atoms with van der Waals surface area (Å²) < 4.78 is 5.73. The summed E-state index contributed by atoms with van der Waals surface area (Å²) in [6, 6.07) is 0.110. The number of nitrogens with zero attached hydrogens (tertiary/aromatic N) is 2. The standard InChI is InChI=1S/C13H20N4O2S/c1-17(2)13-16-11(14)10(20-13)12(18)15-8-5-6-19-9(8)7-3-4-7/h7-9H,3-6,14H2,1-2H3,(H,15,18). The molecular formula is C13H20N4O2S. The van der Waals surface area contributed by atoms with Gasteiger partial charge in [-0.25, -0.2) is 4.98 Å². The molecule has 1 aromatic rings. The molecule has 0 spiro atoms. The highest BCUT2D eigenvalue weighted by molar-refractivity contribution is 7.18. The molecule has 0 radical (unpaired) electrons. The molecular weight excluding hydrogens is 276 g/mol. The third kappa shape index (κ3) is 2.60. The Hall–Kier alpha value is -1.34. The highest BCUT2D eigenvalue weighted by atomic mass is 32.1. The van der Waals surface area contributed by atoms with Crippen LogP contribution in [0, 0.1) is 5.92 Å². The third-order valence-corrected chi connectivity index (χ3v) is 5.01. The van der Waals surface area contributed by atoms with Gasteiger partial charge in [-0.15, -0.1) is 0 Å². The van der Waals surface area contributed by atoms with Crippen LogP contribution in [0.4, 0.5) is 10.9 Å². The average Bonchev–Trinajstić information content (AvgIpc) is 3.00. The van der Waals surface area contributed by atoms with Gasteiger partial charge in [-0.1, -0.05) is 11.3 Å². The molecule has 1 saturated heterocycles. The molecule has 20 heavy (non-hydrogen) atoms. The number of nitrogen functional groups attached to an aromatic ring is 1. The van der Waals surface area contributed by atoms with Crippen molar-refractivity contribution in [2.24, 2.45) is 5.92 Å². The van der Waals surface area contributed by atoms with Crippen LogP contribution < -0.4 is 16.0 Å². The molecule has 0 bridgehead atoms. The second-order valence-corrected chi connectivity index (χ2v) is 6.62. The summed E-state index contributed by atoms with van der Waals surface area (Å²) in [6.07, 6.45) is 3.49. The molecule has 6 nitrogen and oxygen atoms in total. The van der Waals surface area contributed by atoms with Crippen molar-refractivity contribution in [3.05, 3.63) is 4.88 Å². The van der Waals surface area contributed by atoms with E-state index in [0.717, 1.165) is 18.2 Å². The van der Waals surface area contributed by atoms with E-state index in [1.807, 2.05) is 19.0 Å². The number of amides is 1. The molecule has 110 valence electrons. The zero-order valence-electron chi connectivity index (χ0n) is 11.8. The molecule has 1 amide bonds. The molecule has 2 atom stereocenters. The van der Waals surface area contributed by atoms with Crippen LogP contribution in [-0.4, -0.2) is 43.7 Å². The van der Waals surface area contributed by atoms with Crippen LogP contribution in [0.3, 0.4) is 0 Å². The molecule has 2 heterocycles. The monoisotopic (exact) mass is 296 g/mol. The molecule has 2 unspecified atom stereocenters. The predicted octanol–water partition coefficient (Wildman–Crippen LogP) is 1.09. The van der Waals surface area contributed by atoms with Crippen molar-refractivity contribution >= 4 is 28.2 Å². The summed E-state index contributed by atoms with van der Waals surface area (Å²) in [4.78, 5) is 18.9. The van der Waals surface area contributed by atoms with E-state index in [1.165, 1.54) is 24.2 Å². The molecule has 3 rings (SSSR count). The number of carbonyl (C=O) groups is 1. The van der Waals surface area contributed by atoms with Gasteiger partial charge < -0.3 is 20.7 Å². The van der Waals surface area contributed by atoms with Gasteiger partial charge >= 0.3 is 0 Å². The number of hydrogen-bond donors (Lipinski definition) is 2. The summed E-state index contributed by atoms with van der Waals surface area (Å²) >= 11 is 1.32. The second-order valence-electron chi connectivity index (χ2n) is 5.65. The first kappa shape index (κ1) is 13.6. The lowest BCUT2D eigenvalue weighted by molar-refractivity contribution is 0.0731. The quantitative estimate of drug-likeness (QED) is 0.869. The van der Waals surface area contributed by atoms with E-state index in [-0.39, 0.29) is 18.1 Å². The van der Waals surface area contributed by atoms with E-state index in [1.54, 1.807) is 0 Å². The molecule has 1 aromatic heterocycles. The highest BCUT2D eigenvalue weighted by Gasteiger charge is 2.41. The Bertz CT molecular complexity index is 512. The number of carbonyl (C=O) groups excluding carboxylic acids is 1. The Morgan fingerprint density at radius 2 is 2.20 bits per heavy atom. The van der Waals surface area contributed by atoms with Gasteiger partial charge in [-0.05, 0) is 25.2 Å². The lowest BCUT2D eigenvalue weighted by atomic mass is 10.1. The normalized spacial score (nSPS) is 25.7. The average molecular weight is 296 g/mol. The van der Waals surface area contributed by atoms with Crippen molar-refractivity contribution in [1.29, 1.82) is 0 Å². The number of nitrogens with one attached hydrogen (secondary N) is 1. The second kappa shape index (κ2) is 5.21. The Balaban J connectivity index is 1.69. The van der Waals surface area contributed by atoms with Crippen LogP contribution in [0.15, 0.2) is 0 Å². The van der Waals surface area contributed by atoms with E-state index in [9.17, 15) is 4.79 Å². The van der Waals surface area contributed by atoms with E-state index >= 15 is 0 Å². The molecule has 1 saturated carbocycles. The van der Waals surface area contributed by atoms with Gasteiger partial charge in [-0.2, -0.15) is 0 Å². The largest absolute Gasteiger partial charge is 0.382 e. The third-order valence-electron chi connectivity index (χ3n) is 3.77. The molecule has 2 aliphatic rings. The first-order valence-electron chi connectivity index (χ1n) is 6.92. The summed E-state index contributed by atoms with van der Waals surface area (Å²) in [5.41, 5.74) is 5.84. The Labute approximate surface area is 122 Å². The van der Waals surface area contributed by atoms with Gasteiger partial charge in [0.15, 0.2) is 5.13 Å². The van der Waals surface area contributed by atoms with Gasteiger partial charge in [0.25, 0.3) is 5.91 Å². The number of ether oxygens (including phenoxy) is 1. The fourth-order valence-electron chi connectivity index (χ4n) is 2.56. The van der Waals surface area contributed by atoms with E-state index in [4.69, 9.17) is 10.5 Å². The van der Waals surface area contributed by atoms with Crippen LogP contribution in [0.25, 0.3) is 0 Å². The van der Waals surface area contributed by atoms with Gasteiger partial charge in [0.05, 0.1) is 12.1 Å². The lowest BCUT2D eigenvalue weighted by Crippen LogP contribution is -2.41. The van der Waals surface area contributed by atoms with Crippen LogP contribution in [0.5, 0.6) is 0 Å². The Morgan fingerprint density at radius 1 is 1.45 bits per heavy atom. The van der Waals surface area contributed by atoms with E-state index in [0.29, 0.717) is 16.6 Å². The topological polar surface area (TPSA) is 80.5 Å². The van der Waals surface area contributed by atoms with Crippen molar-refractivity contribution in [2.45, 2.75) is 31.4 Å². The van der Waals surface area contributed by atoms with Gasteiger partial charge in [0.2, 0.25) is 0 Å². The Kier molecular flexibility index (Phi) is 3.55. The van der Waals surface area contributed by atoms with Crippen molar-refractivity contribution < 1.29 is 9.53 Å². The highest BCUT2D eigenvalue weighted by Crippen LogP contribution is 2.39. The summed E-state index contributed by atoms with van der Waals surface area (Å²) in [5.74, 6) is 0.797. The molecule has 0 aromatic carbocycles. The minimum atomic E-state index is -0.130. The molecule has 2 fully saturated rings. The first-order valence-corrected chi connectivity index (χ1v) is 7.74. The predicted molar refractivity (Wildman–Crippen MR) is 79.2 cm³/mol.